The van der Waals surface area contributed by atoms with E-state index in [0.29, 0.717) is 23.0 Å². The van der Waals surface area contributed by atoms with Gasteiger partial charge < -0.3 is 15.0 Å². The third-order valence-electron chi connectivity index (χ3n) is 4.18. The molecular weight excluding hydrogens is 304 g/mol. The first-order valence-electron chi connectivity index (χ1n) is 8.19. The SMILES string of the molecule is COC(=O)c1ccccc1Nc1ccnc(N2CCCC(C)C2)n1. The number of piperidine rings is 1. The van der Waals surface area contributed by atoms with Gasteiger partial charge in [0.05, 0.1) is 18.4 Å². The van der Waals surface area contributed by atoms with E-state index in [-0.39, 0.29) is 5.97 Å². The van der Waals surface area contributed by atoms with Crippen LogP contribution in [0.25, 0.3) is 0 Å². The molecule has 1 aliphatic heterocycles. The number of nitrogens with one attached hydrogen (secondary N) is 1. The molecule has 0 amide bonds. The zero-order chi connectivity index (χ0) is 16.9. The fourth-order valence-electron chi connectivity index (χ4n) is 2.96. The van der Waals surface area contributed by atoms with Gasteiger partial charge in [0.1, 0.15) is 5.82 Å². The van der Waals surface area contributed by atoms with Gasteiger partial charge in [0.25, 0.3) is 0 Å². The summed E-state index contributed by atoms with van der Waals surface area (Å²) in [7, 11) is 1.37. The molecule has 6 nitrogen and oxygen atoms in total. The zero-order valence-corrected chi connectivity index (χ0v) is 14.0. The van der Waals surface area contributed by atoms with Crippen LogP contribution >= 0.6 is 0 Å². The van der Waals surface area contributed by atoms with Gasteiger partial charge in [-0.2, -0.15) is 4.98 Å². The molecule has 1 aromatic carbocycles. The summed E-state index contributed by atoms with van der Waals surface area (Å²) >= 11 is 0. The zero-order valence-electron chi connectivity index (χ0n) is 14.0. The number of hydrogen-bond acceptors (Lipinski definition) is 6. The quantitative estimate of drug-likeness (QED) is 0.870. The molecule has 1 unspecified atom stereocenters. The van der Waals surface area contributed by atoms with Gasteiger partial charge in [0.15, 0.2) is 0 Å². The Balaban J connectivity index is 1.82. The summed E-state index contributed by atoms with van der Waals surface area (Å²) in [6.07, 6.45) is 4.15. The van der Waals surface area contributed by atoms with Crippen molar-refractivity contribution < 1.29 is 9.53 Å². The fraction of sp³-hybridized carbons (Fsp3) is 0.389. The molecule has 6 heteroatoms. The number of hydrogen-bond donors (Lipinski definition) is 1. The monoisotopic (exact) mass is 326 g/mol. The lowest BCUT2D eigenvalue weighted by Gasteiger charge is -2.31. The van der Waals surface area contributed by atoms with E-state index in [9.17, 15) is 4.79 Å². The van der Waals surface area contributed by atoms with E-state index < -0.39 is 0 Å². The minimum Gasteiger partial charge on any atom is -0.465 e. The second-order valence-corrected chi connectivity index (χ2v) is 6.10. The number of anilines is 3. The van der Waals surface area contributed by atoms with Crippen molar-refractivity contribution in [2.24, 2.45) is 5.92 Å². The molecule has 0 spiro atoms. The van der Waals surface area contributed by atoms with E-state index in [0.717, 1.165) is 25.5 Å². The number of esters is 1. The molecule has 1 aliphatic rings. The van der Waals surface area contributed by atoms with Crippen LogP contribution in [0.5, 0.6) is 0 Å². The molecular formula is C18H22N4O2. The van der Waals surface area contributed by atoms with Gasteiger partial charge in [-0.3, -0.25) is 0 Å². The van der Waals surface area contributed by atoms with Crippen molar-refractivity contribution in [3.8, 4) is 0 Å². The minimum absolute atomic E-state index is 0.378. The molecule has 1 saturated heterocycles. The van der Waals surface area contributed by atoms with Crippen molar-refractivity contribution in [3.63, 3.8) is 0 Å². The van der Waals surface area contributed by atoms with Crippen molar-refractivity contribution >= 4 is 23.4 Å². The van der Waals surface area contributed by atoms with Crippen LogP contribution in [-0.4, -0.2) is 36.1 Å². The highest BCUT2D eigenvalue weighted by molar-refractivity contribution is 5.96. The van der Waals surface area contributed by atoms with Crippen LogP contribution in [0.4, 0.5) is 17.5 Å². The van der Waals surface area contributed by atoms with Crippen LogP contribution in [0.1, 0.15) is 30.1 Å². The molecule has 1 aromatic heterocycles. The number of para-hydroxylation sites is 1. The summed E-state index contributed by atoms with van der Waals surface area (Å²) < 4.78 is 4.83. The summed E-state index contributed by atoms with van der Waals surface area (Å²) in [5.74, 6) is 1.66. The topological polar surface area (TPSA) is 67.3 Å². The number of benzene rings is 1. The maximum atomic E-state index is 11.9. The fourth-order valence-corrected chi connectivity index (χ4v) is 2.96. The highest BCUT2D eigenvalue weighted by atomic mass is 16.5. The van der Waals surface area contributed by atoms with E-state index in [4.69, 9.17) is 4.74 Å². The van der Waals surface area contributed by atoms with E-state index in [2.05, 4.69) is 27.1 Å². The highest BCUT2D eigenvalue weighted by Crippen LogP contribution is 2.23. The third-order valence-corrected chi connectivity index (χ3v) is 4.18. The van der Waals surface area contributed by atoms with Gasteiger partial charge in [0, 0.05) is 19.3 Å². The largest absolute Gasteiger partial charge is 0.465 e. The van der Waals surface area contributed by atoms with Crippen LogP contribution in [0.2, 0.25) is 0 Å². The average molecular weight is 326 g/mol. The van der Waals surface area contributed by atoms with Crippen LogP contribution in [-0.2, 0) is 4.74 Å². The Morgan fingerprint density at radius 3 is 2.96 bits per heavy atom. The third kappa shape index (κ3) is 3.64. The summed E-state index contributed by atoms with van der Waals surface area (Å²) in [5.41, 5.74) is 1.15. The Kier molecular flexibility index (Phi) is 4.93. The van der Waals surface area contributed by atoms with Crippen molar-refractivity contribution in [2.45, 2.75) is 19.8 Å². The predicted molar refractivity (Wildman–Crippen MR) is 93.7 cm³/mol. The maximum absolute atomic E-state index is 11.9. The molecule has 2 heterocycles. The second kappa shape index (κ2) is 7.29. The van der Waals surface area contributed by atoms with Gasteiger partial charge in [-0.25, -0.2) is 9.78 Å². The summed E-state index contributed by atoms with van der Waals surface area (Å²) in [4.78, 5) is 23.1. The number of carbonyl (C=O) groups excluding carboxylic acids is 1. The second-order valence-electron chi connectivity index (χ2n) is 6.10. The Labute approximate surface area is 141 Å². The van der Waals surface area contributed by atoms with Gasteiger partial charge in [-0.05, 0) is 37.0 Å². The van der Waals surface area contributed by atoms with Crippen LogP contribution in [0.3, 0.4) is 0 Å². The molecule has 0 radical (unpaired) electrons. The number of rotatable bonds is 4. The molecule has 3 rings (SSSR count). The smallest absolute Gasteiger partial charge is 0.339 e. The summed E-state index contributed by atoms with van der Waals surface area (Å²) in [6.45, 7) is 4.20. The van der Waals surface area contributed by atoms with Gasteiger partial charge in [-0.1, -0.05) is 19.1 Å². The van der Waals surface area contributed by atoms with Crippen molar-refractivity contribution in [1.82, 2.24) is 9.97 Å². The van der Waals surface area contributed by atoms with Crippen LogP contribution in [0, 0.1) is 5.92 Å². The van der Waals surface area contributed by atoms with E-state index >= 15 is 0 Å². The molecule has 126 valence electrons. The number of nitrogens with zero attached hydrogens (tertiary/aromatic N) is 3. The molecule has 2 aromatic rings. The lowest BCUT2D eigenvalue weighted by molar-refractivity contribution is 0.0602. The molecule has 0 saturated carbocycles. The number of methoxy groups -OCH3 is 1. The average Bonchev–Trinajstić information content (AvgIpc) is 2.62. The van der Waals surface area contributed by atoms with Crippen molar-refractivity contribution in [3.05, 3.63) is 42.1 Å². The lowest BCUT2D eigenvalue weighted by Crippen LogP contribution is -2.35. The molecule has 1 fully saturated rings. The summed E-state index contributed by atoms with van der Waals surface area (Å²) in [6, 6.07) is 9.02. The molecule has 1 N–H and O–H groups in total. The number of aromatic nitrogens is 2. The molecule has 1 atom stereocenters. The van der Waals surface area contributed by atoms with Crippen LogP contribution < -0.4 is 10.2 Å². The maximum Gasteiger partial charge on any atom is 0.339 e. The highest BCUT2D eigenvalue weighted by Gasteiger charge is 2.19. The standard InChI is InChI=1S/C18H22N4O2/c1-13-6-5-11-22(12-13)18-19-10-9-16(21-18)20-15-8-4-3-7-14(15)17(23)24-2/h3-4,7-10,13H,5-6,11-12H2,1-2H3,(H,19,20,21). The van der Waals surface area contributed by atoms with Gasteiger partial charge in [-0.15, -0.1) is 0 Å². The number of carbonyl (C=O) groups is 1. The lowest BCUT2D eigenvalue weighted by atomic mass is 10.0. The van der Waals surface area contributed by atoms with Crippen molar-refractivity contribution in [2.75, 3.05) is 30.4 Å². The van der Waals surface area contributed by atoms with Crippen molar-refractivity contribution in [1.29, 1.82) is 0 Å². The first-order valence-corrected chi connectivity index (χ1v) is 8.19. The first-order chi connectivity index (χ1) is 11.7. The molecule has 0 bridgehead atoms. The van der Waals surface area contributed by atoms with E-state index in [1.165, 1.54) is 13.5 Å². The molecule has 24 heavy (non-hydrogen) atoms. The van der Waals surface area contributed by atoms with E-state index in [1.54, 1.807) is 24.4 Å². The Morgan fingerprint density at radius 2 is 2.17 bits per heavy atom. The van der Waals surface area contributed by atoms with Gasteiger partial charge in [0.2, 0.25) is 5.95 Å². The minimum atomic E-state index is -0.378. The molecule has 0 aliphatic carbocycles. The summed E-state index contributed by atoms with van der Waals surface area (Å²) in [5, 5.41) is 3.20. The van der Waals surface area contributed by atoms with Crippen LogP contribution in [0.15, 0.2) is 36.5 Å². The van der Waals surface area contributed by atoms with Gasteiger partial charge >= 0.3 is 5.97 Å². The Hall–Kier alpha value is -2.63. The Morgan fingerprint density at radius 1 is 1.33 bits per heavy atom. The normalized spacial score (nSPS) is 17.4. The predicted octanol–water partition coefficient (Wildman–Crippen LogP) is 3.24. The Bertz CT molecular complexity index is 720. The number of ether oxygens (including phenoxy) is 1. The first kappa shape index (κ1) is 16.2. The van der Waals surface area contributed by atoms with E-state index in [1.807, 2.05) is 12.1 Å².